The number of carbonyl (C=O) groups excluding carboxylic acids is 2. The van der Waals surface area contributed by atoms with E-state index in [4.69, 9.17) is 0 Å². The van der Waals surface area contributed by atoms with Gasteiger partial charge in [-0.05, 0) is 37.2 Å². The minimum atomic E-state index is 0.0938. The number of amides is 1. The van der Waals surface area contributed by atoms with Crippen LogP contribution in [0, 0.1) is 11.8 Å². The third kappa shape index (κ3) is 3.54. The van der Waals surface area contributed by atoms with Crippen molar-refractivity contribution in [2.45, 2.75) is 38.5 Å². The van der Waals surface area contributed by atoms with Gasteiger partial charge in [-0.2, -0.15) is 0 Å². The van der Waals surface area contributed by atoms with Crippen LogP contribution in [0.1, 0.15) is 44.1 Å². The van der Waals surface area contributed by atoms with Gasteiger partial charge < -0.3 is 4.90 Å². The fourth-order valence-corrected chi connectivity index (χ4v) is 3.98. The molecule has 1 aromatic carbocycles. The number of carbonyl (C=O) groups is 2. The van der Waals surface area contributed by atoms with Gasteiger partial charge in [0, 0.05) is 31.8 Å². The molecular formula is C20H25NO2. The molecule has 3 nitrogen and oxygen atoms in total. The molecule has 23 heavy (non-hydrogen) atoms. The smallest absolute Gasteiger partial charge is 0.219 e. The lowest BCUT2D eigenvalue weighted by Gasteiger charge is -2.35. The maximum atomic E-state index is 13.1. The Kier molecular flexibility index (Phi) is 4.94. The van der Waals surface area contributed by atoms with Crippen molar-refractivity contribution in [2.75, 3.05) is 13.1 Å². The van der Waals surface area contributed by atoms with E-state index in [0.717, 1.165) is 38.8 Å². The van der Waals surface area contributed by atoms with Crippen LogP contribution < -0.4 is 0 Å². The van der Waals surface area contributed by atoms with Gasteiger partial charge in [0.25, 0.3) is 0 Å². The molecule has 1 heterocycles. The largest absolute Gasteiger partial charge is 0.343 e. The van der Waals surface area contributed by atoms with Crippen molar-refractivity contribution in [3.05, 3.63) is 48.0 Å². The van der Waals surface area contributed by atoms with E-state index < -0.39 is 0 Å². The third-order valence-electron chi connectivity index (χ3n) is 5.37. The highest BCUT2D eigenvalue weighted by Crippen LogP contribution is 2.38. The number of piperidine rings is 1. The first-order valence-electron chi connectivity index (χ1n) is 8.66. The second-order valence-electron chi connectivity index (χ2n) is 6.75. The summed E-state index contributed by atoms with van der Waals surface area (Å²) >= 11 is 0. The first kappa shape index (κ1) is 16.0. The summed E-state index contributed by atoms with van der Waals surface area (Å²) in [4.78, 5) is 26.4. The van der Waals surface area contributed by atoms with Crippen LogP contribution in [0.3, 0.4) is 0 Å². The molecule has 0 bridgehead atoms. The Morgan fingerprint density at radius 3 is 2.30 bits per heavy atom. The van der Waals surface area contributed by atoms with Crippen LogP contribution in [0.2, 0.25) is 0 Å². The predicted molar refractivity (Wildman–Crippen MR) is 91.0 cm³/mol. The van der Waals surface area contributed by atoms with E-state index in [1.807, 2.05) is 11.0 Å². The monoisotopic (exact) mass is 311 g/mol. The minimum absolute atomic E-state index is 0.0938. The molecule has 1 fully saturated rings. The number of allylic oxidation sites excluding steroid dienone is 2. The van der Waals surface area contributed by atoms with E-state index >= 15 is 0 Å². The number of nitrogens with zero attached hydrogens (tertiary/aromatic N) is 1. The summed E-state index contributed by atoms with van der Waals surface area (Å²) in [6, 6.07) is 10.4. The number of hydrogen-bond donors (Lipinski definition) is 0. The predicted octanol–water partition coefficient (Wildman–Crippen LogP) is 3.56. The maximum Gasteiger partial charge on any atom is 0.219 e. The average molecular weight is 311 g/mol. The Labute approximate surface area is 138 Å². The Hall–Kier alpha value is -1.90. The van der Waals surface area contributed by atoms with E-state index in [0.29, 0.717) is 11.7 Å². The topological polar surface area (TPSA) is 37.4 Å². The van der Waals surface area contributed by atoms with E-state index in [2.05, 4.69) is 36.4 Å². The van der Waals surface area contributed by atoms with Crippen molar-refractivity contribution in [1.82, 2.24) is 4.90 Å². The van der Waals surface area contributed by atoms with Crippen LogP contribution in [0.5, 0.6) is 0 Å². The first-order valence-corrected chi connectivity index (χ1v) is 8.66. The molecule has 0 spiro atoms. The van der Waals surface area contributed by atoms with Crippen molar-refractivity contribution in [1.29, 1.82) is 0 Å². The van der Waals surface area contributed by atoms with Gasteiger partial charge in [0.2, 0.25) is 5.91 Å². The van der Waals surface area contributed by atoms with Gasteiger partial charge in [-0.25, -0.2) is 0 Å². The fourth-order valence-electron chi connectivity index (χ4n) is 3.98. The van der Waals surface area contributed by atoms with Gasteiger partial charge in [0.15, 0.2) is 0 Å². The highest BCUT2D eigenvalue weighted by atomic mass is 16.2. The standard InChI is InChI=1S/C20H25NO2/c1-15(22)21-13-11-17(12-14-21)20(23)19-10-6-5-9-18(19)16-7-3-2-4-8-16/h2-8,17-19H,9-14H2,1H3/t18-,19?/m1/s1. The van der Waals surface area contributed by atoms with E-state index in [9.17, 15) is 9.59 Å². The zero-order valence-electron chi connectivity index (χ0n) is 13.8. The van der Waals surface area contributed by atoms with Crippen LogP contribution in [0.15, 0.2) is 42.5 Å². The summed E-state index contributed by atoms with van der Waals surface area (Å²) < 4.78 is 0. The van der Waals surface area contributed by atoms with Crippen molar-refractivity contribution in [2.24, 2.45) is 11.8 Å². The molecule has 0 saturated carbocycles. The van der Waals surface area contributed by atoms with E-state index in [-0.39, 0.29) is 17.7 Å². The number of rotatable bonds is 3. The van der Waals surface area contributed by atoms with Gasteiger partial charge >= 0.3 is 0 Å². The molecule has 1 aromatic rings. The lowest BCUT2D eigenvalue weighted by atomic mass is 9.72. The van der Waals surface area contributed by atoms with E-state index in [1.54, 1.807) is 6.92 Å². The van der Waals surface area contributed by atoms with Gasteiger partial charge in [-0.1, -0.05) is 42.5 Å². The molecule has 1 aliphatic carbocycles. The molecule has 3 rings (SSSR count). The van der Waals surface area contributed by atoms with Crippen LogP contribution >= 0.6 is 0 Å². The van der Waals surface area contributed by atoms with Gasteiger partial charge in [0.05, 0.1) is 0 Å². The molecule has 122 valence electrons. The van der Waals surface area contributed by atoms with Crippen LogP contribution in [0.25, 0.3) is 0 Å². The second kappa shape index (κ2) is 7.12. The van der Waals surface area contributed by atoms with Crippen LogP contribution in [-0.2, 0) is 9.59 Å². The quantitative estimate of drug-likeness (QED) is 0.800. The Bertz CT molecular complexity index is 585. The summed E-state index contributed by atoms with van der Waals surface area (Å²) in [6.07, 6.45) is 7.81. The Balaban J connectivity index is 1.70. The molecule has 0 aromatic heterocycles. The molecule has 1 amide bonds. The van der Waals surface area contributed by atoms with E-state index in [1.165, 1.54) is 5.56 Å². The average Bonchev–Trinajstić information content (AvgIpc) is 2.62. The molecule has 1 saturated heterocycles. The highest BCUT2D eigenvalue weighted by Gasteiger charge is 2.35. The molecule has 1 aliphatic heterocycles. The van der Waals surface area contributed by atoms with Crippen molar-refractivity contribution in [3.63, 3.8) is 0 Å². The summed E-state index contributed by atoms with van der Waals surface area (Å²) in [6.45, 7) is 3.06. The summed E-state index contributed by atoms with van der Waals surface area (Å²) in [5, 5.41) is 0. The SMILES string of the molecule is CC(=O)N1CCC(C(=O)C2CC=CC[C@@H]2c2ccccc2)CC1. The zero-order chi connectivity index (χ0) is 16.2. The lowest BCUT2D eigenvalue weighted by molar-refractivity contribution is -0.135. The number of Topliss-reactive ketones (excluding diaryl/α,β-unsaturated/α-hetero) is 1. The fraction of sp³-hybridized carbons (Fsp3) is 0.500. The first-order chi connectivity index (χ1) is 11.2. The lowest BCUT2D eigenvalue weighted by Crippen LogP contribution is -2.41. The molecule has 0 radical (unpaired) electrons. The maximum absolute atomic E-state index is 13.1. The van der Waals surface area contributed by atoms with Crippen molar-refractivity contribution >= 4 is 11.7 Å². The summed E-state index contributed by atoms with van der Waals surface area (Å²) in [5.74, 6) is 1.05. The molecule has 2 aliphatic rings. The van der Waals surface area contributed by atoms with Crippen molar-refractivity contribution in [3.8, 4) is 0 Å². The summed E-state index contributed by atoms with van der Waals surface area (Å²) in [5.41, 5.74) is 1.27. The number of likely N-dealkylation sites (tertiary alicyclic amines) is 1. The molecule has 2 atom stereocenters. The normalized spacial score (nSPS) is 25.3. The highest BCUT2D eigenvalue weighted by molar-refractivity contribution is 5.85. The van der Waals surface area contributed by atoms with Crippen molar-refractivity contribution < 1.29 is 9.59 Å². The Morgan fingerprint density at radius 2 is 1.65 bits per heavy atom. The van der Waals surface area contributed by atoms with Gasteiger partial charge in [-0.15, -0.1) is 0 Å². The minimum Gasteiger partial charge on any atom is -0.343 e. The molecular weight excluding hydrogens is 286 g/mol. The second-order valence-corrected chi connectivity index (χ2v) is 6.75. The number of benzene rings is 1. The van der Waals surface area contributed by atoms with Gasteiger partial charge in [0.1, 0.15) is 5.78 Å². The molecule has 1 unspecified atom stereocenters. The summed E-state index contributed by atoms with van der Waals surface area (Å²) in [7, 11) is 0. The molecule has 3 heteroatoms. The number of hydrogen-bond acceptors (Lipinski definition) is 2. The van der Waals surface area contributed by atoms with Crippen LogP contribution in [0.4, 0.5) is 0 Å². The zero-order valence-corrected chi connectivity index (χ0v) is 13.8. The Morgan fingerprint density at radius 1 is 1.00 bits per heavy atom. The van der Waals surface area contributed by atoms with Gasteiger partial charge in [-0.3, -0.25) is 9.59 Å². The third-order valence-corrected chi connectivity index (χ3v) is 5.37. The van der Waals surface area contributed by atoms with Crippen LogP contribution in [-0.4, -0.2) is 29.7 Å². The molecule has 0 N–H and O–H groups in total. The number of ketones is 1.